The molecular formula is C24H29NO4. The zero-order valence-corrected chi connectivity index (χ0v) is 17.6. The van der Waals surface area contributed by atoms with Crippen molar-refractivity contribution in [2.24, 2.45) is 0 Å². The lowest BCUT2D eigenvalue weighted by Crippen LogP contribution is -2.22. The number of benzene rings is 2. The van der Waals surface area contributed by atoms with Gasteiger partial charge in [0.25, 0.3) is 5.91 Å². The fourth-order valence-electron chi connectivity index (χ4n) is 3.28. The van der Waals surface area contributed by atoms with E-state index in [2.05, 4.69) is 12.2 Å². The van der Waals surface area contributed by atoms with Gasteiger partial charge in [0.2, 0.25) is 0 Å². The maximum atomic E-state index is 12.2. The fourth-order valence-corrected chi connectivity index (χ4v) is 3.28. The maximum Gasteiger partial charge on any atom is 0.306 e. The second kappa shape index (κ2) is 10.6. The standard InChI is InChI=1S/C24H29NO4/c1-5-6-19-7-9-20(10-8-19)21(26)11-12-23(28)29-15-22(27)25-24-17(3)13-16(2)14-18(24)4/h7-10,13-14H,5-6,11-12,15H2,1-4H3,(H,25,27). The van der Waals surface area contributed by atoms with E-state index in [1.165, 1.54) is 5.56 Å². The molecule has 0 aromatic heterocycles. The van der Waals surface area contributed by atoms with Crippen molar-refractivity contribution in [2.45, 2.75) is 53.4 Å². The third-order valence-corrected chi connectivity index (χ3v) is 4.68. The van der Waals surface area contributed by atoms with Crippen LogP contribution in [0.25, 0.3) is 0 Å². The summed E-state index contributed by atoms with van der Waals surface area (Å²) in [6.07, 6.45) is 2.04. The normalized spacial score (nSPS) is 10.5. The van der Waals surface area contributed by atoms with Crippen molar-refractivity contribution < 1.29 is 19.1 Å². The van der Waals surface area contributed by atoms with Crippen molar-refractivity contribution in [3.63, 3.8) is 0 Å². The zero-order chi connectivity index (χ0) is 21.4. The van der Waals surface area contributed by atoms with Gasteiger partial charge in [-0.15, -0.1) is 0 Å². The summed E-state index contributed by atoms with van der Waals surface area (Å²) in [6, 6.07) is 11.4. The number of carbonyl (C=O) groups excluding carboxylic acids is 3. The summed E-state index contributed by atoms with van der Waals surface area (Å²) in [5.41, 5.74) is 5.54. The van der Waals surface area contributed by atoms with Crippen LogP contribution in [0.15, 0.2) is 36.4 Å². The number of ketones is 1. The Balaban J connectivity index is 1.78. The highest BCUT2D eigenvalue weighted by Gasteiger charge is 2.13. The van der Waals surface area contributed by atoms with E-state index in [1.54, 1.807) is 12.1 Å². The third-order valence-electron chi connectivity index (χ3n) is 4.68. The van der Waals surface area contributed by atoms with E-state index in [0.717, 1.165) is 35.2 Å². The molecule has 0 radical (unpaired) electrons. The fraction of sp³-hybridized carbons (Fsp3) is 0.375. The molecule has 0 saturated carbocycles. The highest BCUT2D eigenvalue weighted by Crippen LogP contribution is 2.21. The van der Waals surface area contributed by atoms with E-state index < -0.39 is 11.9 Å². The van der Waals surface area contributed by atoms with Gasteiger partial charge in [-0.2, -0.15) is 0 Å². The van der Waals surface area contributed by atoms with Gasteiger partial charge in [0, 0.05) is 17.7 Å². The molecule has 0 unspecified atom stereocenters. The number of nitrogens with one attached hydrogen (secondary N) is 1. The summed E-state index contributed by atoms with van der Waals surface area (Å²) in [5.74, 6) is -1.07. The van der Waals surface area contributed by atoms with Gasteiger partial charge in [-0.3, -0.25) is 14.4 Å². The maximum absolute atomic E-state index is 12.2. The van der Waals surface area contributed by atoms with Gasteiger partial charge in [-0.1, -0.05) is 55.3 Å². The molecule has 2 rings (SSSR count). The van der Waals surface area contributed by atoms with E-state index in [-0.39, 0.29) is 25.2 Å². The average Bonchev–Trinajstić information content (AvgIpc) is 2.68. The molecule has 1 N–H and O–H groups in total. The molecule has 0 atom stereocenters. The molecule has 5 nitrogen and oxygen atoms in total. The monoisotopic (exact) mass is 395 g/mol. The van der Waals surface area contributed by atoms with Gasteiger partial charge >= 0.3 is 5.97 Å². The predicted octanol–water partition coefficient (Wildman–Crippen LogP) is 4.71. The van der Waals surface area contributed by atoms with Crippen molar-refractivity contribution in [1.82, 2.24) is 0 Å². The first kappa shape index (κ1) is 22.3. The van der Waals surface area contributed by atoms with Crippen molar-refractivity contribution in [3.05, 3.63) is 64.2 Å². The van der Waals surface area contributed by atoms with Gasteiger partial charge in [0.1, 0.15) is 0 Å². The van der Waals surface area contributed by atoms with Crippen LogP contribution in [-0.2, 0) is 20.7 Å². The van der Waals surface area contributed by atoms with E-state index >= 15 is 0 Å². The van der Waals surface area contributed by atoms with Crippen molar-refractivity contribution in [2.75, 3.05) is 11.9 Å². The van der Waals surface area contributed by atoms with Crippen molar-refractivity contribution >= 4 is 23.3 Å². The van der Waals surface area contributed by atoms with Crippen LogP contribution >= 0.6 is 0 Å². The highest BCUT2D eigenvalue weighted by molar-refractivity contribution is 5.98. The molecule has 29 heavy (non-hydrogen) atoms. The Morgan fingerprint density at radius 1 is 0.931 bits per heavy atom. The molecule has 0 fully saturated rings. The zero-order valence-electron chi connectivity index (χ0n) is 17.6. The minimum absolute atomic E-state index is 0.0502. The SMILES string of the molecule is CCCc1ccc(C(=O)CCC(=O)OCC(=O)Nc2c(C)cc(C)cc2C)cc1. The van der Waals surface area contributed by atoms with E-state index in [4.69, 9.17) is 4.74 Å². The summed E-state index contributed by atoms with van der Waals surface area (Å²) in [7, 11) is 0. The van der Waals surface area contributed by atoms with Crippen LogP contribution in [0.2, 0.25) is 0 Å². The Kier molecular flexibility index (Phi) is 8.13. The minimum Gasteiger partial charge on any atom is -0.456 e. The highest BCUT2D eigenvalue weighted by atomic mass is 16.5. The molecule has 2 aromatic carbocycles. The number of hydrogen-bond donors (Lipinski definition) is 1. The molecule has 0 spiro atoms. The van der Waals surface area contributed by atoms with Crippen LogP contribution < -0.4 is 5.32 Å². The predicted molar refractivity (Wildman–Crippen MR) is 114 cm³/mol. The second-order valence-corrected chi connectivity index (χ2v) is 7.35. The molecule has 154 valence electrons. The molecular weight excluding hydrogens is 366 g/mol. The van der Waals surface area contributed by atoms with Crippen LogP contribution in [0.1, 0.15) is 58.8 Å². The van der Waals surface area contributed by atoms with Crippen LogP contribution in [0.5, 0.6) is 0 Å². The number of rotatable bonds is 9. The number of carbonyl (C=O) groups is 3. The lowest BCUT2D eigenvalue weighted by atomic mass is 10.0. The first-order valence-electron chi connectivity index (χ1n) is 9.95. The van der Waals surface area contributed by atoms with Gasteiger partial charge in [0.05, 0.1) is 6.42 Å². The first-order chi connectivity index (χ1) is 13.8. The number of amides is 1. The number of anilines is 1. The van der Waals surface area contributed by atoms with Gasteiger partial charge < -0.3 is 10.1 Å². The number of Topliss-reactive ketones (excluding diaryl/α,β-unsaturated/α-hetero) is 1. The lowest BCUT2D eigenvalue weighted by Gasteiger charge is -2.13. The quantitative estimate of drug-likeness (QED) is 0.493. The number of ether oxygens (including phenoxy) is 1. The van der Waals surface area contributed by atoms with Crippen molar-refractivity contribution in [3.8, 4) is 0 Å². The Morgan fingerprint density at radius 2 is 1.55 bits per heavy atom. The number of aryl methyl sites for hydroxylation is 4. The Labute approximate surface area is 172 Å². The number of hydrogen-bond acceptors (Lipinski definition) is 4. The largest absolute Gasteiger partial charge is 0.456 e. The molecule has 0 aliphatic carbocycles. The topological polar surface area (TPSA) is 72.5 Å². The average molecular weight is 395 g/mol. The van der Waals surface area contributed by atoms with Crippen LogP contribution in [-0.4, -0.2) is 24.3 Å². The molecule has 0 aliphatic rings. The summed E-state index contributed by atoms with van der Waals surface area (Å²) in [6.45, 7) is 7.57. The molecule has 2 aromatic rings. The smallest absolute Gasteiger partial charge is 0.306 e. The van der Waals surface area contributed by atoms with E-state index in [1.807, 2.05) is 45.0 Å². The number of esters is 1. The van der Waals surface area contributed by atoms with Crippen LogP contribution in [0.3, 0.4) is 0 Å². The summed E-state index contributed by atoms with van der Waals surface area (Å²) < 4.78 is 5.01. The lowest BCUT2D eigenvalue weighted by molar-refractivity contribution is -0.147. The molecule has 5 heteroatoms. The summed E-state index contributed by atoms with van der Waals surface area (Å²) in [4.78, 5) is 36.2. The molecule has 1 amide bonds. The van der Waals surface area contributed by atoms with Gasteiger partial charge in [-0.05, 0) is 43.9 Å². The molecule has 0 saturated heterocycles. The second-order valence-electron chi connectivity index (χ2n) is 7.35. The van der Waals surface area contributed by atoms with Crippen molar-refractivity contribution in [1.29, 1.82) is 0 Å². The Morgan fingerprint density at radius 3 is 2.14 bits per heavy atom. The van der Waals surface area contributed by atoms with Gasteiger partial charge in [0.15, 0.2) is 12.4 Å². The Hall–Kier alpha value is -2.95. The van der Waals surface area contributed by atoms with E-state index in [0.29, 0.717) is 5.56 Å². The first-order valence-corrected chi connectivity index (χ1v) is 9.95. The minimum atomic E-state index is -0.562. The molecule has 0 heterocycles. The van der Waals surface area contributed by atoms with Gasteiger partial charge in [-0.25, -0.2) is 0 Å². The van der Waals surface area contributed by atoms with Crippen LogP contribution in [0, 0.1) is 20.8 Å². The van der Waals surface area contributed by atoms with Crippen LogP contribution in [0.4, 0.5) is 5.69 Å². The molecule has 0 bridgehead atoms. The molecule has 0 aliphatic heterocycles. The summed E-state index contributed by atoms with van der Waals surface area (Å²) in [5, 5.41) is 2.78. The summed E-state index contributed by atoms with van der Waals surface area (Å²) >= 11 is 0. The van der Waals surface area contributed by atoms with E-state index in [9.17, 15) is 14.4 Å². The third kappa shape index (κ3) is 6.86. The Bertz CT molecular complexity index is 861.